The lowest BCUT2D eigenvalue weighted by Crippen LogP contribution is -2.50. The molecule has 5 atom stereocenters. The Bertz CT molecular complexity index is 1190. The molecule has 3 aliphatic rings. The lowest BCUT2D eigenvalue weighted by atomic mass is 9.53. The molecule has 0 unspecified atom stereocenters. The summed E-state index contributed by atoms with van der Waals surface area (Å²) in [5.74, 6) is 9.04. The first kappa shape index (κ1) is 19.0. The Morgan fingerprint density at radius 3 is 2.77 bits per heavy atom. The molecular weight excluding hydrogens is 384 g/mol. The van der Waals surface area contributed by atoms with Gasteiger partial charge in [0.25, 0.3) is 0 Å². The smallest absolute Gasteiger partial charge is 0.178 e. The van der Waals surface area contributed by atoms with Gasteiger partial charge in [-0.05, 0) is 91.5 Å². The minimum atomic E-state index is -0.975. The second-order valence-electron chi connectivity index (χ2n) is 10.1. The summed E-state index contributed by atoms with van der Waals surface area (Å²) >= 11 is 0. The molecule has 1 aromatic heterocycles. The predicted octanol–water partition coefficient (Wildman–Crippen LogP) is 5.78. The summed E-state index contributed by atoms with van der Waals surface area (Å²) in [5.41, 5.74) is 2.39. The Balaban J connectivity index is 1.31. The number of hydrogen-bond donors (Lipinski definition) is 2. The van der Waals surface area contributed by atoms with Crippen LogP contribution in [-0.2, 0) is 6.42 Å². The lowest BCUT2D eigenvalue weighted by Gasteiger charge is -2.52. The molecule has 31 heavy (non-hydrogen) atoms. The van der Waals surface area contributed by atoms with Gasteiger partial charge in [-0.3, -0.25) is 0 Å². The van der Waals surface area contributed by atoms with E-state index in [9.17, 15) is 10.2 Å². The van der Waals surface area contributed by atoms with Crippen molar-refractivity contribution in [2.24, 2.45) is 17.3 Å². The van der Waals surface area contributed by atoms with Crippen LogP contribution in [0.2, 0.25) is 0 Å². The third-order valence-electron chi connectivity index (χ3n) is 8.68. The molecule has 0 amide bonds. The lowest BCUT2D eigenvalue weighted by molar-refractivity contribution is -0.0648. The monoisotopic (exact) mass is 412 g/mol. The van der Waals surface area contributed by atoms with Gasteiger partial charge in [-0.25, -0.2) is 0 Å². The van der Waals surface area contributed by atoms with Crippen LogP contribution in [0.15, 0.2) is 52.9 Å². The number of para-hydroxylation sites is 1. The second kappa shape index (κ2) is 6.65. The Labute approximate surface area is 183 Å². The predicted molar refractivity (Wildman–Crippen MR) is 121 cm³/mol. The van der Waals surface area contributed by atoms with Gasteiger partial charge in [-0.2, -0.15) is 0 Å². The van der Waals surface area contributed by atoms with E-state index in [1.54, 1.807) is 0 Å². The highest BCUT2D eigenvalue weighted by Gasteiger charge is 2.61. The van der Waals surface area contributed by atoms with Crippen molar-refractivity contribution in [3.63, 3.8) is 0 Å². The fraction of sp³-hybridized carbons (Fsp3) is 0.429. The van der Waals surface area contributed by atoms with E-state index in [1.807, 2.05) is 42.5 Å². The van der Waals surface area contributed by atoms with Gasteiger partial charge in [0.05, 0.1) is 0 Å². The van der Waals surface area contributed by atoms with Crippen LogP contribution in [0, 0.1) is 29.1 Å². The van der Waals surface area contributed by atoms with Crippen LogP contribution in [0.4, 0.5) is 0 Å². The second-order valence-corrected chi connectivity index (χ2v) is 10.1. The van der Waals surface area contributed by atoms with E-state index >= 15 is 0 Å². The molecule has 2 N–H and O–H groups in total. The molecular formula is C28H28O3. The number of phenolic OH excluding ortho intramolecular Hbond substituents is 1. The fourth-order valence-corrected chi connectivity index (χ4v) is 7.00. The number of benzene rings is 2. The van der Waals surface area contributed by atoms with Gasteiger partial charge >= 0.3 is 0 Å². The molecule has 0 spiro atoms. The quantitative estimate of drug-likeness (QED) is 0.460. The van der Waals surface area contributed by atoms with E-state index in [0.717, 1.165) is 49.5 Å². The van der Waals surface area contributed by atoms with Gasteiger partial charge in [0.2, 0.25) is 0 Å². The third-order valence-corrected chi connectivity index (χ3v) is 8.68. The minimum Gasteiger partial charge on any atom is -0.508 e. The number of aryl methyl sites for hydroxylation is 1. The van der Waals surface area contributed by atoms with Crippen LogP contribution in [-0.4, -0.2) is 15.8 Å². The van der Waals surface area contributed by atoms with Crippen molar-refractivity contribution in [2.45, 2.75) is 57.0 Å². The number of phenols is 1. The topological polar surface area (TPSA) is 53.6 Å². The van der Waals surface area contributed by atoms with Gasteiger partial charge in [-0.15, -0.1) is 0 Å². The summed E-state index contributed by atoms with van der Waals surface area (Å²) in [5, 5.41) is 22.7. The summed E-state index contributed by atoms with van der Waals surface area (Å²) < 4.78 is 5.87. The van der Waals surface area contributed by atoms with Crippen LogP contribution in [0.1, 0.15) is 61.8 Å². The number of aromatic hydroxyl groups is 1. The fourth-order valence-electron chi connectivity index (χ4n) is 7.00. The molecule has 0 radical (unpaired) electrons. The summed E-state index contributed by atoms with van der Waals surface area (Å²) in [4.78, 5) is 0. The van der Waals surface area contributed by atoms with E-state index < -0.39 is 5.60 Å². The molecule has 2 saturated carbocycles. The summed E-state index contributed by atoms with van der Waals surface area (Å²) in [7, 11) is 0. The first-order valence-electron chi connectivity index (χ1n) is 11.5. The average Bonchev–Trinajstić information content (AvgIpc) is 3.30. The Hall–Kier alpha value is -2.70. The van der Waals surface area contributed by atoms with Crippen molar-refractivity contribution in [2.75, 3.05) is 0 Å². The average molecular weight is 413 g/mol. The molecule has 3 heteroatoms. The van der Waals surface area contributed by atoms with Gasteiger partial charge < -0.3 is 14.6 Å². The van der Waals surface area contributed by atoms with Gasteiger partial charge in [-0.1, -0.05) is 37.1 Å². The summed E-state index contributed by atoms with van der Waals surface area (Å²) in [6, 6.07) is 15.8. The Morgan fingerprint density at radius 1 is 1.03 bits per heavy atom. The zero-order chi connectivity index (χ0) is 21.2. The van der Waals surface area contributed by atoms with Crippen molar-refractivity contribution in [1.82, 2.24) is 0 Å². The SMILES string of the molecule is C[C@]12CC[C@@H]3c4ccc(O)cc4CC[C@@H]3[C@@H]1CC[C@@]2(O)C#Cc1cc2ccccc2o1. The largest absolute Gasteiger partial charge is 0.508 e. The van der Waals surface area contributed by atoms with Gasteiger partial charge in [0.15, 0.2) is 5.76 Å². The standard InChI is InChI=1S/C28H28O3/c1-27-13-11-23-22-9-7-20(29)16-18(22)6-8-24(23)25(27)12-15-28(27,30)14-10-21-17-19-4-2-3-5-26(19)31-21/h2-5,7,9,16-17,23-25,29-30H,6,8,11-13,15H2,1H3/t23-,24+,25+,27+,28+/m1/s1. The zero-order valence-electron chi connectivity index (χ0n) is 17.9. The number of aliphatic hydroxyl groups is 1. The first-order valence-corrected chi connectivity index (χ1v) is 11.5. The Morgan fingerprint density at radius 2 is 1.90 bits per heavy atom. The highest BCUT2D eigenvalue weighted by Crippen LogP contribution is 2.64. The van der Waals surface area contributed by atoms with E-state index in [4.69, 9.17) is 4.42 Å². The molecule has 0 aliphatic heterocycles. The number of rotatable bonds is 0. The first-order chi connectivity index (χ1) is 15.0. The van der Waals surface area contributed by atoms with Gasteiger partial charge in [0, 0.05) is 16.9 Å². The van der Waals surface area contributed by atoms with Gasteiger partial charge in [0.1, 0.15) is 16.9 Å². The highest BCUT2D eigenvalue weighted by atomic mass is 16.3. The van der Waals surface area contributed by atoms with Crippen LogP contribution < -0.4 is 0 Å². The van der Waals surface area contributed by atoms with Crippen LogP contribution in [0.5, 0.6) is 5.75 Å². The summed E-state index contributed by atoms with van der Waals surface area (Å²) in [6.45, 7) is 2.26. The molecule has 2 fully saturated rings. The van der Waals surface area contributed by atoms with Crippen molar-refractivity contribution < 1.29 is 14.6 Å². The number of furan rings is 1. The van der Waals surface area contributed by atoms with E-state index in [1.165, 1.54) is 11.1 Å². The molecule has 0 bridgehead atoms. The van der Waals surface area contributed by atoms with Crippen LogP contribution in [0.3, 0.4) is 0 Å². The van der Waals surface area contributed by atoms with Crippen LogP contribution in [0.25, 0.3) is 11.0 Å². The van der Waals surface area contributed by atoms with Crippen molar-refractivity contribution in [3.05, 3.63) is 65.4 Å². The maximum Gasteiger partial charge on any atom is 0.178 e. The molecule has 0 saturated heterocycles. The Kier molecular flexibility index (Phi) is 4.08. The summed E-state index contributed by atoms with van der Waals surface area (Å²) in [6.07, 6.45) is 5.95. The van der Waals surface area contributed by atoms with E-state index in [0.29, 0.717) is 29.3 Å². The molecule has 2 aromatic carbocycles. The van der Waals surface area contributed by atoms with E-state index in [2.05, 4.69) is 24.8 Å². The molecule has 3 aromatic rings. The molecule has 6 rings (SSSR count). The van der Waals surface area contributed by atoms with Crippen molar-refractivity contribution in [3.8, 4) is 17.6 Å². The van der Waals surface area contributed by atoms with E-state index in [-0.39, 0.29) is 5.41 Å². The third kappa shape index (κ3) is 2.78. The van der Waals surface area contributed by atoms with Crippen molar-refractivity contribution in [1.29, 1.82) is 0 Å². The minimum absolute atomic E-state index is 0.193. The number of hydrogen-bond acceptors (Lipinski definition) is 3. The zero-order valence-corrected chi connectivity index (χ0v) is 17.9. The molecule has 3 nitrogen and oxygen atoms in total. The van der Waals surface area contributed by atoms with Crippen molar-refractivity contribution >= 4 is 11.0 Å². The molecule has 3 aliphatic carbocycles. The normalized spacial score (nSPS) is 33.8. The maximum absolute atomic E-state index is 11.8. The molecule has 1 heterocycles. The van der Waals surface area contributed by atoms with Crippen LogP contribution >= 0.6 is 0 Å². The number of fused-ring (bicyclic) bond motifs is 6. The highest BCUT2D eigenvalue weighted by molar-refractivity contribution is 5.78. The molecule has 158 valence electrons. The maximum atomic E-state index is 11.8.